The average molecular weight is 540 g/mol. The Bertz CT molecular complexity index is 1080. The first-order valence-electron chi connectivity index (χ1n) is 14.5. The third-order valence-corrected chi connectivity index (χ3v) is 8.30. The number of amides is 3. The van der Waals surface area contributed by atoms with E-state index < -0.39 is 29.6 Å². The fraction of sp³-hybridized carbons (Fsp3) is 0.633. The molecule has 1 aliphatic carbocycles. The van der Waals surface area contributed by atoms with Crippen molar-refractivity contribution in [3.05, 3.63) is 36.4 Å². The number of likely N-dealkylation sites (tertiary alicyclic amines) is 1. The van der Waals surface area contributed by atoms with Gasteiger partial charge in [0.1, 0.15) is 17.4 Å². The molecule has 1 aromatic carbocycles. The lowest BCUT2D eigenvalue weighted by atomic mass is 9.74. The summed E-state index contributed by atoms with van der Waals surface area (Å²) in [5.41, 5.74) is -0.538. The molecule has 2 bridgehead atoms. The molecule has 0 aromatic heterocycles. The molecule has 3 aliphatic heterocycles. The molecular weight excluding hydrogens is 498 g/mol. The fourth-order valence-electron chi connectivity index (χ4n) is 6.62. The SMILES string of the molecule is CCOc1ccc(NC(=O)C2C3C=CC4(O3)C2C(=O)N(CCCOC(C)C)C4C(=O)NC2CCCCC2)cc1. The Morgan fingerprint density at radius 1 is 1.13 bits per heavy atom. The first kappa shape index (κ1) is 27.6. The van der Waals surface area contributed by atoms with E-state index in [4.69, 9.17) is 14.2 Å². The zero-order valence-corrected chi connectivity index (χ0v) is 23.2. The molecule has 39 heavy (non-hydrogen) atoms. The number of benzene rings is 1. The monoisotopic (exact) mass is 539 g/mol. The lowest BCUT2D eigenvalue weighted by molar-refractivity contribution is -0.141. The van der Waals surface area contributed by atoms with Gasteiger partial charge in [-0.15, -0.1) is 0 Å². The second-order valence-electron chi connectivity index (χ2n) is 11.3. The van der Waals surface area contributed by atoms with Crippen LogP contribution in [-0.4, -0.2) is 72.3 Å². The summed E-state index contributed by atoms with van der Waals surface area (Å²) in [6.45, 7) is 7.25. The number of anilines is 1. The number of hydrogen-bond acceptors (Lipinski definition) is 6. The standard InChI is InChI=1S/C30H41N3O6/c1-4-37-22-13-11-21(12-14-22)31-27(34)24-23-15-16-30(39-23)25(24)29(36)33(17-8-18-38-19(2)3)26(30)28(35)32-20-9-6-5-7-10-20/h11-16,19-20,23-26H,4-10,17-18H2,1-3H3,(H,31,34)(H,32,35). The first-order chi connectivity index (χ1) is 18.8. The summed E-state index contributed by atoms with van der Waals surface area (Å²) in [7, 11) is 0. The normalized spacial score (nSPS) is 29.6. The molecule has 212 valence electrons. The topological polar surface area (TPSA) is 106 Å². The molecule has 2 saturated heterocycles. The highest BCUT2D eigenvalue weighted by Crippen LogP contribution is 2.55. The number of carbonyl (C=O) groups excluding carboxylic acids is 3. The van der Waals surface area contributed by atoms with Crippen LogP contribution in [-0.2, 0) is 23.9 Å². The van der Waals surface area contributed by atoms with Crippen LogP contribution in [0.2, 0.25) is 0 Å². The quantitative estimate of drug-likeness (QED) is 0.330. The minimum absolute atomic E-state index is 0.0835. The van der Waals surface area contributed by atoms with E-state index in [1.54, 1.807) is 29.2 Å². The van der Waals surface area contributed by atoms with E-state index in [1.165, 1.54) is 6.42 Å². The Balaban J connectivity index is 1.37. The van der Waals surface area contributed by atoms with Gasteiger partial charge in [-0.3, -0.25) is 14.4 Å². The van der Waals surface area contributed by atoms with E-state index in [1.807, 2.05) is 32.9 Å². The van der Waals surface area contributed by atoms with Crippen LogP contribution in [0, 0.1) is 11.8 Å². The highest BCUT2D eigenvalue weighted by Gasteiger charge is 2.72. The lowest BCUT2D eigenvalue weighted by Crippen LogP contribution is -2.56. The van der Waals surface area contributed by atoms with Crippen LogP contribution in [0.15, 0.2) is 36.4 Å². The van der Waals surface area contributed by atoms with Gasteiger partial charge in [0.05, 0.1) is 30.7 Å². The third-order valence-electron chi connectivity index (χ3n) is 8.30. The second-order valence-corrected chi connectivity index (χ2v) is 11.3. The number of ether oxygens (including phenoxy) is 3. The van der Waals surface area contributed by atoms with Gasteiger partial charge in [0, 0.05) is 24.9 Å². The molecule has 2 N–H and O–H groups in total. The van der Waals surface area contributed by atoms with Crippen LogP contribution in [0.25, 0.3) is 0 Å². The molecule has 5 rings (SSSR count). The van der Waals surface area contributed by atoms with E-state index in [-0.39, 0.29) is 29.9 Å². The van der Waals surface area contributed by atoms with Crippen molar-refractivity contribution in [1.29, 1.82) is 0 Å². The molecule has 1 saturated carbocycles. The van der Waals surface area contributed by atoms with Crippen molar-refractivity contribution in [3.8, 4) is 5.75 Å². The zero-order valence-electron chi connectivity index (χ0n) is 23.2. The molecule has 1 aromatic rings. The van der Waals surface area contributed by atoms with Crippen molar-refractivity contribution in [1.82, 2.24) is 10.2 Å². The zero-order chi connectivity index (χ0) is 27.6. The fourth-order valence-corrected chi connectivity index (χ4v) is 6.62. The van der Waals surface area contributed by atoms with Crippen LogP contribution in [0.3, 0.4) is 0 Å². The maximum absolute atomic E-state index is 14.0. The highest BCUT2D eigenvalue weighted by molar-refractivity contribution is 6.02. The van der Waals surface area contributed by atoms with E-state index >= 15 is 0 Å². The van der Waals surface area contributed by atoms with Crippen LogP contribution < -0.4 is 15.4 Å². The molecule has 0 radical (unpaired) electrons. The van der Waals surface area contributed by atoms with Gasteiger partial charge in [0.2, 0.25) is 17.7 Å². The molecule has 5 atom stereocenters. The van der Waals surface area contributed by atoms with Crippen molar-refractivity contribution < 1.29 is 28.6 Å². The predicted molar refractivity (Wildman–Crippen MR) is 146 cm³/mol. The number of fused-ring (bicyclic) bond motifs is 1. The number of nitrogens with one attached hydrogen (secondary N) is 2. The largest absolute Gasteiger partial charge is 0.494 e. The van der Waals surface area contributed by atoms with Gasteiger partial charge in [-0.25, -0.2) is 0 Å². The van der Waals surface area contributed by atoms with Crippen LogP contribution in [0.4, 0.5) is 5.69 Å². The Hall–Kier alpha value is -2.91. The Labute approximate surface area is 230 Å². The van der Waals surface area contributed by atoms with Gasteiger partial charge in [-0.2, -0.15) is 0 Å². The molecule has 1 spiro atoms. The second kappa shape index (κ2) is 11.7. The first-order valence-corrected chi connectivity index (χ1v) is 14.5. The summed E-state index contributed by atoms with van der Waals surface area (Å²) < 4.78 is 17.6. The van der Waals surface area contributed by atoms with Crippen molar-refractivity contribution in [3.63, 3.8) is 0 Å². The predicted octanol–water partition coefficient (Wildman–Crippen LogP) is 3.44. The van der Waals surface area contributed by atoms with Crippen molar-refractivity contribution >= 4 is 23.4 Å². The van der Waals surface area contributed by atoms with Crippen molar-refractivity contribution in [2.24, 2.45) is 11.8 Å². The maximum atomic E-state index is 14.0. The van der Waals surface area contributed by atoms with E-state index in [9.17, 15) is 14.4 Å². The Kier molecular flexibility index (Phi) is 8.28. The van der Waals surface area contributed by atoms with Gasteiger partial charge < -0.3 is 29.7 Å². The summed E-state index contributed by atoms with van der Waals surface area (Å²) in [5.74, 6) is -1.46. The Morgan fingerprint density at radius 2 is 1.87 bits per heavy atom. The Morgan fingerprint density at radius 3 is 2.56 bits per heavy atom. The number of hydrogen-bond donors (Lipinski definition) is 2. The number of carbonyl (C=O) groups is 3. The molecule has 4 aliphatic rings. The van der Waals surface area contributed by atoms with Crippen LogP contribution >= 0.6 is 0 Å². The maximum Gasteiger partial charge on any atom is 0.246 e. The van der Waals surface area contributed by atoms with Crippen LogP contribution in [0.5, 0.6) is 5.75 Å². The van der Waals surface area contributed by atoms with Gasteiger partial charge in [0.25, 0.3) is 0 Å². The van der Waals surface area contributed by atoms with Crippen LogP contribution in [0.1, 0.15) is 59.3 Å². The molecule has 3 amide bonds. The summed E-state index contributed by atoms with van der Waals surface area (Å²) in [6.07, 6.45) is 9.06. The summed E-state index contributed by atoms with van der Waals surface area (Å²) in [5, 5.41) is 6.18. The van der Waals surface area contributed by atoms with Gasteiger partial charge in [-0.1, -0.05) is 31.4 Å². The third kappa shape index (κ3) is 5.43. The molecule has 3 heterocycles. The smallest absolute Gasteiger partial charge is 0.246 e. The van der Waals surface area contributed by atoms with Gasteiger partial charge in [-0.05, 0) is 64.3 Å². The van der Waals surface area contributed by atoms with E-state index in [2.05, 4.69) is 10.6 Å². The van der Waals surface area contributed by atoms with E-state index in [0.717, 1.165) is 31.4 Å². The number of nitrogens with zero attached hydrogens (tertiary/aromatic N) is 1. The molecule has 9 heteroatoms. The summed E-state index contributed by atoms with van der Waals surface area (Å²) in [4.78, 5) is 43.0. The molecule has 5 unspecified atom stereocenters. The summed E-state index contributed by atoms with van der Waals surface area (Å²) in [6, 6.07) is 6.43. The molecule has 3 fully saturated rings. The van der Waals surface area contributed by atoms with Gasteiger partial charge in [0.15, 0.2) is 0 Å². The summed E-state index contributed by atoms with van der Waals surface area (Å²) >= 11 is 0. The average Bonchev–Trinajstić information content (AvgIpc) is 3.56. The lowest BCUT2D eigenvalue weighted by Gasteiger charge is -2.34. The molecule has 9 nitrogen and oxygen atoms in total. The highest BCUT2D eigenvalue weighted by atomic mass is 16.5. The van der Waals surface area contributed by atoms with Crippen molar-refractivity contribution in [2.45, 2.75) is 89.2 Å². The van der Waals surface area contributed by atoms with Crippen molar-refractivity contribution in [2.75, 3.05) is 25.1 Å². The number of rotatable bonds is 11. The van der Waals surface area contributed by atoms with E-state index in [0.29, 0.717) is 31.9 Å². The molecular formula is C30H41N3O6. The minimum Gasteiger partial charge on any atom is -0.494 e. The minimum atomic E-state index is -1.15. The van der Waals surface area contributed by atoms with Gasteiger partial charge >= 0.3 is 0 Å².